The van der Waals surface area contributed by atoms with Crippen molar-refractivity contribution >= 4 is 11.8 Å². The molecule has 0 unspecified atom stereocenters. The molecule has 0 radical (unpaired) electrons. The first-order valence-electron chi connectivity index (χ1n) is 7.76. The van der Waals surface area contributed by atoms with Crippen LogP contribution in [0.15, 0.2) is 11.8 Å². The molecule has 0 spiro atoms. The lowest BCUT2D eigenvalue weighted by Crippen LogP contribution is -2.32. The van der Waals surface area contributed by atoms with Gasteiger partial charge in [-0.05, 0) is 12.8 Å². The third-order valence-electron chi connectivity index (χ3n) is 3.51. The fourth-order valence-electron chi connectivity index (χ4n) is 2.33. The summed E-state index contributed by atoms with van der Waals surface area (Å²) in [7, 11) is 0. The lowest BCUT2D eigenvalue weighted by atomic mass is 10.2. The summed E-state index contributed by atoms with van der Waals surface area (Å²) in [6.45, 7) is 1.94. The topological polar surface area (TPSA) is 117 Å². The first-order chi connectivity index (χ1) is 11.1. The van der Waals surface area contributed by atoms with Crippen molar-refractivity contribution < 1.29 is 19.8 Å². The Kier molecular flexibility index (Phi) is 8.72. The zero-order valence-corrected chi connectivity index (χ0v) is 13.2. The zero-order valence-electron chi connectivity index (χ0n) is 13.2. The Morgan fingerprint density at radius 1 is 1.39 bits per heavy atom. The number of aliphatic hydroxyl groups is 2. The van der Waals surface area contributed by atoms with Crippen LogP contribution in [-0.4, -0.2) is 77.8 Å². The Bertz CT molecular complexity index is 467. The van der Waals surface area contributed by atoms with Gasteiger partial charge in [-0.3, -0.25) is 9.59 Å². The number of rotatable bonds is 10. The molecule has 0 aromatic carbocycles. The van der Waals surface area contributed by atoms with Gasteiger partial charge in [0.1, 0.15) is 11.6 Å². The highest BCUT2D eigenvalue weighted by molar-refractivity contribution is 5.97. The van der Waals surface area contributed by atoms with Crippen LogP contribution in [0.1, 0.15) is 19.3 Å². The number of nitrogens with zero attached hydrogens (tertiary/aromatic N) is 3. The highest BCUT2D eigenvalue weighted by Gasteiger charge is 2.19. The molecule has 0 aliphatic carbocycles. The normalized spacial score (nSPS) is 14.7. The van der Waals surface area contributed by atoms with E-state index in [4.69, 9.17) is 15.5 Å². The molecule has 128 valence electrons. The maximum Gasteiger partial charge on any atom is 0.263 e. The van der Waals surface area contributed by atoms with Crippen molar-refractivity contribution in [2.75, 3.05) is 45.9 Å². The summed E-state index contributed by atoms with van der Waals surface area (Å²) in [6.07, 6.45) is 3.45. The van der Waals surface area contributed by atoms with Crippen LogP contribution in [0.2, 0.25) is 0 Å². The van der Waals surface area contributed by atoms with Gasteiger partial charge >= 0.3 is 0 Å². The van der Waals surface area contributed by atoms with Crippen LogP contribution < -0.4 is 5.32 Å². The van der Waals surface area contributed by atoms with Gasteiger partial charge in [0.25, 0.3) is 5.91 Å². The molecule has 1 aliphatic rings. The smallest absolute Gasteiger partial charge is 0.263 e. The maximum absolute atomic E-state index is 11.9. The van der Waals surface area contributed by atoms with Crippen LogP contribution in [-0.2, 0) is 9.59 Å². The summed E-state index contributed by atoms with van der Waals surface area (Å²) in [5, 5.41) is 29.5. The van der Waals surface area contributed by atoms with E-state index in [9.17, 15) is 9.59 Å². The maximum atomic E-state index is 11.9. The van der Waals surface area contributed by atoms with Gasteiger partial charge in [0, 0.05) is 45.3 Å². The number of hydrogen-bond acceptors (Lipinski definition) is 6. The van der Waals surface area contributed by atoms with Crippen LogP contribution >= 0.6 is 0 Å². The molecule has 1 rings (SSSR count). The van der Waals surface area contributed by atoms with Gasteiger partial charge in [-0.15, -0.1) is 0 Å². The number of nitriles is 1. The minimum Gasteiger partial charge on any atom is -0.395 e. The molecular formula is C15H24N4O4. The van der Waals surface area contributed by atoms with Crippen molar-refractivity contribution in [3.63, 3.8) is 0 Å². The molecular weight excluding hydrogens is 300 g/mol. The van der Waals surface area contributed by atoms with Crippen LogP contribution in [0.25, 0.3) is 0 Å². The Labute approximate surface area is 136 Å². The summed E-state index contributed by atoms with van der Waals surface area (Å²) in [5.74, 6) is -0.348. The number of amides is 2. The largest absolute Gasteiger partial charge is 0.395 e. The molecule has 0 aromatic rings. The molecule has 1 heterocycles. The second kappa shape index (κ2) is 10.6. The highest BCUT2D eigenvalue weighted by atomic mass is 16.3. The molecule has 1 saturated heterocycles. The number of likely N-dealkylation sites (tertiary alicyclic amines) is 1. The predicted octanol–water partition coefficient (Wildman–Crippen LogP) is -1.19. The third kappa shape index (κ3) is 6.67. The van der Waals surface area contributed by atoms with Crippen molar-refractivity contribution in [3.8, 4) is 6.07 Å². The van der Waals surface area contributed by atoms with Gasteiger partial charge in [-0.2, -0.15) is 5.26 Å². The third-order valence-corrected chi connectivity index (χ3v) is 3.51. The fourth-order valence-corrected chi connectivity index (χ4v) is 2.33. The number of nitrogens with one attached hydrogen (secondary N) is 1. The molecule has 0 bridgehead atoms. The average molecular weight is 324 g/mol. The van der Waals surface area contributed by atoms with Crippen LogP contribution in [0.3, 0.4) is 0 Å². The number of aliphatic hydroxyl groups excluding tert-OH is 2. The van der Waals surface area contributed by atoms with E-state index in [1.807, 2.05) is 6.07 Å². The van der Waals surface area contributed by atoms with Crippen molar-refractivity contribution in [1.82, 2.24) is 15.1 Å². The van der Waals surface area contributed by atoms with Gasteiger partial charge in [-0.1, -0.05) is 0 Å². The Hall–Kier alpha value is -2.11. The van der Waals surface area contributed by atoms with E-state index in [-0.39, 0.29) is 37.8 Å². The first kappa shape index (κ1) is 18.9. The molecule has 0 saturated carbocycles. The molecule has 3 N–H and O–H groups in total. The van der Waals surface area contributed by atoms with Crippen LogP contribution in [0, 0.1) is 11.3 Å². The fraction of sp³-hybridized carbons (Fsp3) is 0.667. The van der Waals surface area contributed by atoms with Crippen LogP contribution in [0.4, 0.5) is 0 Å². The number of carbonyl (C=O) groups is 2. The van der Waals surface area contributed by atoms with E-state index in [0.29, 0.717) is 25.9 Å². The van der Waals surface area contributed by atoms with Gasteiger partial charge < -0.3 is 25.3 Å². The Morgan fingerprint density at radius 3 is 2.61 bits per heavy atom. The molecule has 0 atom stereocenters. The van der Waals surface area contributed by atoms with Crippen molar-refractivity contribution in [3.05, 3.63) is 11.8 Å². The van der Waals surface area contributed by atoms with E-state index in [1.54, 1.807) is 4.90 Å². The van der Waals surface area contributed by atoms with Crippen molar-refractivity contribution in [1.29, 1.82) is 5.26 Å². The molecule has 8 nitrogen and oxygen atoms in total. The predicted molar refractivity (Wildman–Crippen MR) is 82.9 cm³/mol. The highest BCUT2D eigenvalue weighted by Crippen LogP contribution is 2.09. The standard InChI is InChI=1S/C15H24N4O4/c16-11-13(12-18(7-9-20)8-10-21)15(23)17-4-2-6-19-5-1-3-14(19)22/h12,20-21H,1-10H2,(H,17,23)/b13-12-. The average Bonchev–Trinajstić information content (AvgIpc) is 2.94. The minimum absolute atomic E-state index is 0.0795. The Morgan fingerprint density at radius 2 is 2.09 bits per heavy atom. The van der Waals surface area contributed by atoms with E-state index < -0.39 is 5.91 Å². The van der Waals surface area contributed by atoms with Crippen molar-refractivity contribution in [2.24, 2.45) is 0 Å². The second-order valence-electron chi connectivity index (χ2n) is 5.23. The van der Waals surface area contributed by atoms with E-state index in [1.165, 1.54) is 11.1 Å². The first-order valence-corrected chi connectivity index (χ1v) is 7.76. The Balaban J connectivity index is 2.40. The minimum atomic E-state index is -0.499. The van der Waals surface area contributed by atoms with Gasteiger partial charge in [-0.25, -0.2) is 0 Å². The summed E-state index contributed by atoms with van der Waals surface area (Å²) >= 11 is 0. The molecule has 1 aliphatic heterocycles. The van der Waals surface area contributed by atoms with Crippen molar-refractivity contribution in [2.45, 2.75) is 19.3 Å². The van der Waals surface area contributed by atoms with Crippen LogP contribution in [0.5, 0.6) is 0 Å². The molecule has 0 aromatic heterocycles. The quantitative estimate of drug-likeness (QED) is 0.264. The van der Waals surface area contributed by atoms with Gasteiger partial charge in [0.05, 0.1) is 13.2 Å². The monoisotopic (exact) mass is 324 g/mol. The molecule has 23 heavy (non-hydrogen) atoms. The summed E-state index contributed by atoms with van der Waals surface area (Å²) in [4.78, 5) is 26.7. The summed E-state index contributed by atoms with van der Waals surface area (Å²) in [6, 6.07) is 1.82. The van der Waals surface area contributed by atoms with Gasteiger partial charge in [0.15, 0.2) is 0 Å². The molecule has 8 heteroatoms. The summed E-state index contributed by atoms with van der Waals surface area (Å²) < 4.78 is 0. The van der Waals surface area contributed by atoms with E-state index >= 15 is 0 Å². The molecule has 1 fully saturated rings. The lowest BCUT2D eigenvalue weighted by molar-refractivity contribution is -0.127. The van der Waals surface area contributed by atoms with E-state index in [2.05, 4.69) is 5.32 Å². The lowest BCUT2D eigenvalue weighted by Gasteiger charge is -2.18. The SMILES string of the molecule is N#C/C(=C/N(CCO)CCO)C(=O)NCCCN1CCCC1=O. The number of carbonyl (C=O) groups excluding carboxylic acids is 2. The van der Waals surface area contributed by atoms with E-state index in [0.717, 1.165) is 13.0 Å². The molecule has 2 amide bonds. The number of hydrogen-bond donors (Lipinski definition) is 3. The second-order valence-corrected chi connectivity index (χ2v) is 5.23. The summed E-state index contributed by atoms with van der Waals surface area (Å²) in [5.41, 5.74) is -0.0795. The zero-order chi connectivity index (χ0) is 17.1. The van der Waals surface area contributed by atoms with Gasteiger partial charge in [0.2, 0.25) is 5.91 Å².